The largest absolute Gasteiger partial charge is 0.416 e. The summed E-state index contributed by atoms with van der Waals surface area (Å²) in [6, 6.07) is 4.93. The third-order valence-corrected chi connectivity index (χ3v) is 3.11. The second kappa shape index (κ2) is 5.69. The Balaban J connectivity index is 0.00000162. The highest BCUT2D eigenvalue weighted by Gasteiger charge is 2.29. The number of alkyl halides is 3. The molecule has 1 aromatic carbocycles. The summed E-state index contributed by atoms with van der Waals surface area (Å²) in [6.07, 6.45) is -4.30. The van der Waals surface area contributed by atoms with Crippen molar-refractivity contribution in [3.05, 3.63) is 40.2 Å². The molecule has 1 heterocycles. The first-order chi connectivity index (χ1) is 8.00. The van der Waals surface area contributed by atoms with Crippen LogP contribution in [0.3, 0.4) is 0 Å². The minimum absolute atomic E-state index is 0. The van der Waals surface area contributed by atoms with E-state index in [4.69, 9.17) is 5.73 Å². The molecule has 2 nitrogen and oxygen atoms in total. The molecular weight excluding hydrogens is 285 g/mol. The van der Waals surface area contributed by atoms with Crippen LogP contribution < -0.4 is 5.73 Å². The topological polar surface area (TPSA) is 38.9 Å². The Morgan fingerprint density at radius 2 is 1.78 bits per heavy atom. The van der Waals surface area contributed by atoms with Gasteiger partial charge in [-0.25, -0.2) is 4.98 Å². The van der Waals surface area contributed by atoms with Crippen LogP contribution in [0.15, 0.2) is 29.6 Å². The first kappa shape index (κ1) is 14.9. The second-order valence-electron chi connectivity index (χ2n) is 3.41. The molecule has 1 aromatic heterocycles. The van der Waals surface area contributed by atoms with Gasteiger partial charge >= 0.3 is 6.18 Å². The average molecular weight is 295 g/mol. The number of nitrogens with two attached hydrogens (primary N) is 1. The van der Waals surface area contributed by atoms with Crippen LogP contribution in [0.4, 0.5) is 13.2 Å². The molecular formula is C11H10ClF3N2S. The number of hydrogen-bond donors (Lipinski definition) is 1. The maximum Gasteiger partial charge on any atom is 0.416 e. The SMILES string of the molecule is Cl.NCc1nc(-c2ccc(C(F)(F)F)cc2)cs1. The predicted molar refractivity (Wildman–Crippen MR) is 67.7 cm³/mol. The summed E-state index contributed by atoms with van der Waals surface area (Å²) in [5.74, 6) is 0. The van der Waals surface area contributed by atoms with E-state index in [2.05, 4.69) is 4.98 Å². The first-order valence-electron chi connectivity index (χ1n) is 4.83. The van der Waals surface area contributed by atoms with Crippen molar-refractivity contribution in [2.45, 2.75) is 12.7 Å². The van der Waals surface area contributed by atoms with E-state index < -0.39 is 11.7 Å². The van der Waals surface area contributed by atoms with Gasteiger partial charge in [-0.3, -0.25) is 0 Å². The van der Waals surface area contributed by atoms with Crippen molar-refractivity contribution < 1.29 is 13.2 Å². The van der Waals surface area contributed by atoms with Gasteiger partial charge in [-0.2, -0.15) is 13.2 Å². The lowest BCUT2D eigenvalue weighted by Crippen LogP contribution is -2.04. The van der Waals surface area contributed by atoms with Crippen LogP contribution in [0.2, 0.25) is 0 Å². The Hall–Kier alpha value is -1.11. The third kappa shape index (κ3) is 3.22. The van der Waals surface area contributed by atoms with Crippen molar-refractivity contribution >= 4 is 23.7 Å². The molecule has 0 spiro atoms. The Morgan fingerprint density at radius 3 is 2.22 bits per heavy atom. The van der Waals surface area contributed by atoms with Gasteiger partial charge in [0.25, 0.3) is 0 Å². The van der Waals surface area contributed by atoms with E-state index in [1.807, 2.05) is 0 Å². The van der Waals surface area contributed by atoms with Crippen LogP contribution >= 0.6 is 23.7 Å². The number of halogens is 4. The number of hydrogen-bond acceptors (Lipinski definition) is 3. The van der Waals surface area contributed by atoms with Crippen LogP contribution in [0.1, 0.15) is 10.6 Å². The van der Waals surface area contributed by atoms with Crippen molar-refractivity contribution in [1.29, 1.82) is 0 Å². The fraction of sp³-hybridized carbons (Fsp3) is 0.182. The standard InChI is InChI=1S/C11H9F3N2S.ClH/c12-11(13,14)8-3-1-7(2-4-8)9-6-17-10(5-15)16-9;/h1-4,6H,5,15H2;1H. The summed E-state index contributed by atoms with van der Waals surface area (Å²) in [6.45, 7) is 0.339. The van der Waals surface area contributed by atoms with Crippen LogP contribution in [0.5, 0.6) is 0 Å². The van der Waals surface area contributed by atoms with E-state index in [0.29, 0.717) is 17.8 Å². The van der Waals surface area contributed by atoms with E-state index in [0.717, 1.165) is 17.1 Å². The number of nitrogens with zero attached hydrogens (tertiary/aromatic N) is 1. The van der Waals surface area contributed by atoms with E-state index in [9.17, 15) is 13.2 Å². The zero-order valence-electron chi connectivity index (χ0n) is 9.07. The van der Waals surface area contributed by atoms with E-state index in [1.165, 1.54) is 23.5 Å². The van der Waals surface area contributed by atoms with Crippen molar-refractivity contribution in [1.82, 2.24) is 4.98 Å². The lowest BCUT2D eigenvalue weighted by Gasteiger charge is -2.06. The summed E-state index contributed by atoms with van der Waals surface area (Å²) < 4.78 is 37.1. The minimum atomic E-state index is -4.30. The molecule has 7 heteroatoms. The number of rotatable bonds is 2. The van der Waals surface area contributed by atoms with Gasteiger partial charge in [0, 0.05) is 17.5 Å². The maximum absolute atomic E-state index is 12.4. The zero-order valence-corrected chi connectivity index (χ0v) is 10.7. The van der Waals surface area contributed by atoms with Gasteiger partial charge in [0.05, 0.1) is 11.3 Å². The Labute approximate surface area is 112 Å². The van der Waals surface area contributed by atoms with Gasteiger partial charge in [-0.15, -0.1) is 23.7 Å². The molecule has 2 aromatic rings. The Bertz CT molecular complexity index is 508. The lowest BCUT2D eigenvalue weighted by atomic mass is 10.1. The van der Waals surface area contributed by atoms with Gasteiger partial charge in [0.1, 0.15) is 5.01 Å². The third-order valence-electron chi connectivity index (χ3n) is 2.23. The van der Waals surface area contributed by atoms with Crippen molar-refractivity contribution in [3.63, 3.8) is 0 Å². The summed E-state index contributed by atoms with van der Waals surface area (Å²) in [5.41, 5.74) is 6.08. The van der Waals surface area contributed by atoms with Crippen LogP contribution in [0, 0.1) is 0 Å². The van der Waals surface area contributed by atoms with Gasteiger partial charge in [-0.05, 0) is 12.1 Å². The van der Waals surface area contributed by atoms with E-state index >= 15 is 0 Å². The van der Waals surface area contributed by atoms with Gasteiger partial charge < -0.3 is 5.73 Å². The molecule has 0 atom stereocenters. The molecule has 0 amide bonds. The lowest BCUT2D eigenvalue weighted by molar-refractivity contribution is -0.137. The predicted octanol–water partition coefficient (Wildman–Crippen LogP) is 3.71. The molecule has 0 saturated heterocycles. The molecule has 0 aliphatic heterocycles. The molecule has 2 N–H and O–H groups in total. The summed E-state index contributed by atoms with van der Waals surface area (Å²) >= 11 is 1.40. The van der Waals surface area contributed by atoms with Crippen LogP contribution in [-0.4, -0.2) is 4.98 Å². The minimum Gasteiger partial charge on any atom is -0.325 e. The molecule has 0 fully saturated rings. The summed E-state index contributed by atoms with van der Waals surface area (Å²) in [7, 11) is 0. The van der Waals surface area contributed by atoms with Crippen molar-refractivity contribution in [2.75, 3.05) is 0 Å². The molecule has 0 radical (unpaired) electrons. The van der Waals surface area contributed by atoms with Crippen molar-refractivity contribution in [3.8, 4) is 11.3 Å². The van der Waals surface area contributed by atoms with Gasteiger partial charge in [0.15, 0.2) is 0 Å². The summed E-state index contributed by atoms with van der Waals surface area (Å²) in [4.78, 5) is 4.20. The molecule has 0 aliphatic carbocycles. The normalized spacial score (nSPS) is 11.1. The quantitative estimate of drug-likeness (QED) is 0.917. The Morgan fingerprint density at radius 1 is 1.17 bits per heavy atom. The Kier molecular flexibility index (Phi) is 4.72. The highest BCUT2D eigenvalue weighted by atomic mass is 35.5. The first-order valence-corrected chi connectivity index (χ1v) is 5.71. The monoisotopic (exact) mass is 294 g/mol. The molecule has 0 aliphatic rings. The molecule has 2 rings (SSSR count). The fourth-order valence-electron chi connectivity index (χ4n) is 1.37. The molecule has 0 bridgehead atoms. The van der Waals surface area contributed by atoms with Crippen LogP contribution in [-0.2, 0) is 12.7 Å². The number of benzene rings is 1. The zero-order chi connectivity index (χ0) is 12.5. The number of aromatic nitrogens is 1. The van der Waals surface area contributed by atoms with Crippen LogP contribution in [0.25, 0.3) is 11.3 Å². The highest BCUT2D eigenvalue weighted by molar-refractivity contribution is 7.09. The smallest absolute Gasteiger partial charge is 0.325 e. The molecule has 98 valence electrons. The van der Waals surface area contributed by atoms with E-state index in [1.54, 1.807) is 5.38 Å². The average Bonchev–Trinajstić information content (AvgIpc) is 2.76. The second-order valence-corrected chi connectivity index (χ2v) is 4.35. The fourth-order valence-corrected chi connectivity index (χ4v) is 2.05. The van der Waals surface area contributed by atoms with Crippen molar-refractivity contribution in [2.24, 2.45) is 5.73 Å². The van der Waals surface area contributed by atoms with E-state index in [-0.39, 0.29) is 12.4 Å². The summed E-state index contributed by atoms with van der Waals surface area (Å²) in [5, 5.41) is 2.55. The molecule has 18 heavy (non-hydrogen) atoms. The van der Waals surface area contributed by atoms with Gasteiger partial charge in [0.2, 0.25) is 0 Å². The molecule has 0 unspecified atom stereocenters. The van der Waals surface area contributed by atoms with Gasteiger partial charge in [-0.1, -0.05) is 12.1 Å². The highest BCUT2D eigenvalue weighted by Crippen LogP contribution is 2.31. The molecule has 0 saturated carbocycles. The maximum atomic E-state index is 12.4. The number of thiazole rings is 1.